The summed E-state index contributed by atoms with van der Waals surface area (Å²) < 4.78 is 0. The van der Waals surface area contributed by atoms with Gasteiger partial charge in [-0.15, -0.1) is 24.0 Å². The molecule has 4 nitrogen and oxygen atoms in total. The molecule has 0 aromatic carbocycles. The van der Waals surface area contributed by atoms with Gasteiger partial charge in [0.25, 0.3) is 0 Å². The lowest BCUT2D eigenvalue weighted by Crippen LogP contribution is -2.49. The molecule has 1 aliphatic heterocycles. The zero-order valence-electron chi connectivity index (χ0n) is 13.4. The molecule has 0 spiro atoms. The van der Waals surface area contributed by atoms with Crippen molar-refractivity contribution in [1.82, 2.24) is 15.5 Å². The molecule has 0 amide bonds. The van der Waals surface area contributed by atoms with Crippen LogP contribution in [-0.4, -0.2) is 49.6 Å². The Kier molecular flexibility index (Phi) is 7.58. The molecule has 2 rings (SSSR count). The molecule has 2 N–H and O–H groups in total. The van der Waals surface area contributed by atoms with E-state index in [1.807, 2.05) is 7.05 Å². The molecule has 1 saturated heterocycles. The van der Waals surface area contributed by atoms with Crippen LogP contribution in [0.1, 0.15) is 40.0 Å². The minimum absolute atomic E-state index is 0. The second-order valence-electron chi connectivity index (χ2n) is 6.51. The number of guanidine groups is 1. The van der Waals surface area contributed by atoms with Crippen molar-refractivity contribution in [3.8, 4) is 0 Å². The summed E-state index contributed by atoms with van der Waals surface area (Å²) in [6.45, 7) is 10.4. The predicted octanol–water partition coefficient (Wildman–Crippen LogP) is 2.30. The lowest BCUT2D eigenvalue weighted by molar-refractivity contribution is 0.139. The van der Waals surface area contributed by atoms with Gasteiger partial charge in [0.2, 0.25) is 0 Å². The highest BCUT2D eigenvalue weighted by atomic mass is 127. The zero-order chi connectivity index (χ0) is 13.8. The van der Waals surface area contributed by atoms with Crippen molar-refractivity contribution in [2.24, 2.45) is 16.8 Å². The monoisotopic (exact) mass is 394 g/mol. The van der Waals surface area contributed by atoms with Crippen molar-refractivity contribution in [3.63, 3.8) is 0 Å². The molecule has 1 aliphatic carbocycles. The van der Waals surface area contributed by atoms with Gasteiger partial charge in [0.1, 0.15) is 0 Å². The smallest absolute Gasteiger partial charge is 0.191 e. The van der Waals surface area contributed by atoms with Gasteiger partial charge in [-0.25, -0.2) is 0 Å². The Morgan fingerprint density at radius 1 is 1.40 bits per heavy atom. The van der Waals surface area contributed by atoms with Crippen LogP contribution in [0.5, 0.6) is 0 Å². The van der Waals surface area contributed by atoms with Gasteiger partial charge in [0.15, 0.2) is 5.96 Å². The van der Waals surface area contributed by atoms with E-state index in [0.29, 0.717) is 12.1 Å². The quantitative estimate of drug-likeness (QED) is 0.437. The van der Waals surface area contributed by atoms with Crippen molar-refractivity contribution in [1.29, 1.82) is 0 Å². The van der Waals surface area contributed by atoms with E-state index in [1.165, 1.54) is 32.4 Å². The van der Waals surface area contributed by atoms with E-state index >= 15 is 0 Å². The van der Waals surface area contributed by atoms with Crippen molar-refractivity contribution < 1.29 is 0 Å². The standard InChI is InChI=1S/C15H30N4.HI/c1-11-6-5-7-19(10-11)13(3)9-17-15(16-4)18-14-8-12(14)2;/h11-14H,5-10H2,1-4H3,(H2,16,17,18);1H. The van der Waals surface area contributed by atoms with Gasteiger partial charge in [-0.2, -0.15) is 0 Å². The molecular weight excluding hydrogens is 363 g/mol. The van der Waals surface area contributed by atoms with Crippen LogP contribution in [0.3, 0.4) is 0 Å². The van der Waals surface area contributed by atoms with Crippen molar-refractivity contribution >= 4 is 29.9 Å². The third-order valence-electron chi connectivity index (χ3n) is 4.53. The summed E-state index contributed by atoms with van der Waals surface area (Å²) in [7, 11) is 1.86. The highest BCUT2D eigenvalue weighted by Gasteiger charge is 2.33. The average Bonchev–Trinajstić information content (AvgIpc) is 3.09. The van der Waals surface area contributed by atoms with E-state index in [-0.39, 0.29) is 24.0 Å². The van der Waals surface area contributed by atoms with Crippen LogP contribution in [0.4, 0.5) is 0 Å². The van der Waals surface area contributed by atoms with Crippen LogP contribution in [0.2, 0.25) is 0 Å². The number of halogens is 1. The number of rotatable bonds is 4. The molecule has 4 unspecified atom stereocenters. The van der Waals surface area contributed by atoms with E-state index in [4.69, 9.17) is 0 Å². The highest BCUT2D eigenvalue weighted by Crippen LogP contribution is 2.28. The Morgan fingerprint density at radius 2 is 2.10 bits per heavy atom. The lowest BCUT2D eigenvalue weighted by atomic mass is 9.99. The maximum Gasteiger partial charge on any atom is 0.191 e. The minimum atomic E-state index is 0. The first kappa shape index (κ1) is 18.0. The van der Waals surface area contributed by atoms with Crippen LogP contribution in [0.15, 0.2) is 4.99 Å². The molecule has 2 fully saturated rings. The predicted molar refractivity (Wildman–Crippen MR) is 96.9 cm³/mol. The van der Waals surface area contributed by atoms with Crippen molar-refractivity contribution in [2.75, 3.05) is 26.7 Å². The molecule has 118 valence electrons. The molecule has 5 heteroatoms. The van der Waals surface area contributed by atoms with E-state index < -0.39 is 0 Å². The normalized spacial score (nSPS) is 32.2. The molecule has 20 heavy (non-hydrogen) atoms. The van der Waals surface area contributed by atoms with Gasteiger partial charge < -0.3 is 10.6 Å². The second kappa shape index (κ2) is 8.41. The fraction of sp³-hybridized carbons (Fsp3) is 0.933. The summed E-state index contributed by atoms with van der Waals surface area (Å²) in [5, 5.41) is 6.95. The number of hydrogen-bond donors (Lipinski definition) is 2. The van der Waals surface area contributed by atoms with Crippen LogP contribution >= 0.6 is 24.0 Å². The Balaban J connectivity index is 0.00000200. The molecule has 0 aromatic rings. The van der Waals surface area contributed by atoms with Gasteiger partial charge in [0, 0.05) is 32.2 Å². The molecule has 0 bridgehead atoms. The molecule has 4 atom stereocenters. The second-order valence-corrected chi connectivity index (χ2v) is 6.51. The lowest BCUT2D eigenvalue weighted by Gasteiger charge is -2.35. The number of piperidine rings is 1. The van der Waals surface area contributed by atoms with Crippen LogP contribution in [0, 0.1) is 11.8 Å². The number of likely N-dealkylation sites (tertiary alicyclic amines) is 1. The van der Waals surface area contributed by atoms with E-state index in [0.717, 1.165) is 24.3 Å². The Hall–Kier alpha value is -0.0400. The molecule has 1 saturated carbocycles. The van der Waals surface area contributed by atoms with Crippen LogP contribution in [0.25, 0.3) is 0 Å². The number of hydrogen-bond acceptors (Lipinski definition) is 2. The third-order valence-corrected chi connectivity index (χ3v) is 4.53. The van der Waals surface area contributed by atoms with Crippen molar-refractivity contribution in [3.05, 3.63) is 0 Å². The van der Waals surface area contributed by atoms with Gasteiger partial charge in [0.05, 0.1) is 0 Å². The van der Waals surface area contributed by atoms with Gasteiger partial charge in [-0.05, 0) is 44.6 Å². The summed E-state index contributed by atoms with van der Waals surface area (Å²) in [5.74, 6) is 2.62. The molecular formula is C15H31IN4. The van der Waals surface area contributed by atoms with Crippen LogP contribution < -0.4 is 10.6 Å². The maximum atomic E-state index is 4.31. The first-order valence-electron chi connectivity index (χ1n) is 7.81. The fourth-order valence-electron chi connectivity index (χ4n) is 2.89. The topological polar surface area (TPSA) is 39.7 Å². The molecule has 0 aromatic heterocycles. The maximum absolute atomic E-state index is 4.31. The Labute approximate surface area is 141 Å². The summed E-state index contributed by atoms with van der Waals surface area (Å²) in [5.41, 5.74) is 0. The third kappa shape index (κ3) is 5.39. The van der Waals surface area contributed by atoms with Gasteiger partial charge >= 0.3 is 0 Å². The Morgan fingerprint density at radius 3 is 2.65 bits per heavy atom. The Bertz CT molecular complexity index is 321. The SMILES string of the molecule is CN=C(NCC(C)N1CCCC(C)C1)NC1CC1C.I. The van der Waals surface area contributed by atoms with Gasteiger partial charge in [-0.1, -0.05) is 13.8 Å². The zero-order valence-corrected chi connectivity index (χ0v) is 15.7. The first-order valence-corrected chi connectivity index (χ1v) is 7.81. The summed E-state index contributed by atoms with van der Waals surface area (Å²) in [4.78, 5) is 6.92. The largest absolute Gasteiger partial charge is 0.355 e. The van der Waals surface area contributed by atoms with Crippen molar-refractivity contribution in [2.45, 2.75) is 52.1 Å². The highest BCUT2D eigenvalue weighted by molar-refractivity contribution is 14.0. The van der Waals surface area contributed by atoms with E-state index in [9.17, 15) is 0 Å². The van der Waals surface area contributed by atoms with E-state index in [1.54, 1.807) is 0 Å². The fourth-order valence-corrected chi connectivity index (χ4v) is 2.89. The van der Waals surface area contributed by atoms with Crippen LogP contribution in [-0.2, 0) is 0 Å². The first-order chi connectivity index (χ1) is 9.10. The number of aliphatic imine (C=N–C) groups is 1. The molecule has 2 aliphatic rings. The summed E-state index contributed by atoms with van der Waals surface area (Å²) >= 11 is 0. The number of nitrogens with one attached hydrogen (secondary N) is 2. The van der Waals surface area contributed by atoms with E-state index in [2.05, 4.69) is 41.3 Å². The summed E-state index contributed by atoms with van der Waals surface area (Å²) in [6, 6.07) is 1.22. The van der Waals surface area contributed by atoms with Gasteiger partial charge in [-0.3, -0.25) is 9.89 Å². The minimum Gasteiger partial charge on any atom is -0.355 e. The average molecular weight is 394 g/mol. The summed E-state index contributed by atoms with van der Waals surface area (Å²) in [6.07, 6.45) is 4.01. The number of nitrogens with zero attached hydrogens (tertiary/aromatic N) is 2. The molecule has 0 radical (unpaired) electrons. The molecule has 1 heterocycles.